The molecule has 0 aliphatic carbocycles. The lowest BCUT2D eigenvalue weighted by molar-refractivity contribution is -0.119. The zero-order chi connectivity index (χ0) is 13.5. The molecule has 0 saturated heterocycles. The molecule has 0 bridgehead atoms. The highest BCUT2D eigenvalue weighted by atomic mass is 16.1. The fraction of sp³-hybridized carbons (Fsp3) is 0.533. The summed E-state index contributed by atoms with van der Waals surface area (Å²) in [5, 5.41) is 0. The number of aryl methyl sites for hydroxylation is 1. The maximum atomic E-state index is 11.9. The minimum Gasteiger partial charge on any atom is -0.300 e. The first-order valence-corrected chi connectivity index (χ1v) is 6.45. The molecule has 0 saturated carbocycles. The van der Waals surface area contributed by atoms with E-state index in [1.54, 1.807) is 6.08 Å². The first-order chi connectivity index (χ1) is 8.54. The molecule has 1 heterocycles. The first kappa shape index (κ1) is 14.6. The molecule has 3 heteroatoms. The highest BCUT2D eigenvalue weighted by molar-refractivity contribution is 5.79. The number of aromatic nitrogens is 2. The summed E-state index contributed by atoms with van der Waals surface area (Å²) >= 11 is 0. The largest absolute Gasteiger partial charge is 0.300 e. The molecule has 0 spiro atoms. The number of ketones is 1. The Balaban J connectivity index is 2.74. The Morgan fingerprint density at radius 1 is 1.39 bits per heavy atom. The second kappa shape index (κ2) is 7.04. The fourth-order valence-electron chi connectivity index (χ4n) is 1.94. The van der Waals surface area contributed by atoms with E-state index in [4.69, 9.17) is 0 Å². The second-order valence-corrected chi connectivity index (χ2v) is 4.98. The van der Waals surface area contributed by atoms with Gasteiger partial charge in [-0.1, -0.05) is 19.9 Å². The number of hydrogen-bond acceptors (Lipinski definition) is 3. The van der Waals surface area contributed by atoms with Crippen LogP contribution in [0.3, 0.4) is 0 Å². The van der Waals surface area contributed by atoms with Gasteiger partial charge >= 0.3 is 0 Å². The Labute approximate surface area is 109 Å². The summed E-state index contributed by atoms with van der Waals surface area (Å²) in [7, 11) is 0. The summed E-state index contributed by atoms with van der Waals surface area (Å²) in [6.45, 7) is 9.77. The molecule has 1 atom stereocenters. The monoisotopic (exact) mass is 246 g/mol. The van der Waals surface area contributed by atoms with E-state index in [1.807, 2.05) is 19.3 Å². The van der Waals surface area contributed by atoms with Gasteiger partial charge in [0.1, 0.15) is 11.6 Å². The van der Waals surface area contributed by atoms with Gasteiger partial charge in [-0.3, -0.25) is 4.79 Å². The molecule has 0 amide bonds. The van der Waals surface area contributed by atoms with Crippen molar-refractivity contribution in [2.24, 2.45) is 5.92 Å². The van der Waals surface area contributed by atoms with Crippen LogP contribution in [0, 0.1) is 12.8 Å². The minimum atomic E-state index is 0.211. The molecule has 0 radical (unpaired) electrons. The van der Waals surface area contributed by atoms with Crippen molar-refractivity contribution in [2.75, 3.05) is 0 Å². The molecule has 0 N–H and O–H groups in total. The Morgan fingerprint density at radius 3 is 2.50 bits per heavy atom. The Bertz CT molecular complexity index is 395. The van der Waals surface area contributed by atoms with Gasteiger partial charge in [-0.05, 0) is 30.7 Å². The van der Waals surface area contributed by atoms with E-state index in [1.165, 1.54) is 0 Å². The Kier molecular flexibility index (Phi) is 5.69. The van der Waals surface area contributed by atoms with E-state index >= 15 is 0 Å². The van der Waals surface area contributed by atoms with Crippen LogP contribution in [-0.2, 0) is 4.79 Å². The van der Waals surface area contributed by atoms with Crippen molar-refractivity contribution in [1.29, 1.82) is 0 Å². The normalized spacial score (nSPS) is 12.4. The molecule has 1 aromatic heterocycles. The van der Waals surface area contributed by atoms with Crippen molar-refractivity contribution < 1.29 is 4.79 Å². The number of allylic oxidation sites excluding steroid dienone is 1. The quantitative estimate of drug-likeness (QED) is 0.692. The average molecular weight is 246 g/mol. The molecule has 0 aromatic carbocycles. The molecular weight excluding hydrogens is 224 g/mol. The van der Waals surface area contributed by atoms with E-state index in [-0.39, 0.29) is 11.7 Å². The van der Waals surface area contributed by atoms with Crippen molar-refractivity contribution >= 4 is 5.78 Å². The predicted octanol–water partition coefficient (Wildman–Crippen LogP) is 3.45. The van der Waals surface area contributed by atoms with Gasteiger partial charge in [0, 0.05) is 25.2 Å². The summed E-state index contributed by atoms with van der Waals surface area (Å²) < 4.78 is 0. The topological polar surface area (TPSA) is 42.9 Å². The van der Waals surface area contributed by atoms with E-state index in [0.717, 1.165) is 17.8 Å². The average Bonchev–Trinajstić information content (AvgIpc) is 2.34. The lowest BCUT2D eigenvalue weighted by Gasteiger charge is -2.20. The van der Waals surface area contributed by atoms with E-state index in [9.17, 15) is 4.79 Å². The maximum Gasteiger partial charge on any atom is 0.133 e. The molecule has 0 aliphatic rings. The Morgan fingerprint density at radius 2 is 2.00 bits per heavy atom. The number of hydrogen-bond donors (Lipinski definition) is 0. The molecule has 0 fully saturated rings. The second-order valence-electron chi connectivity index (χ2n) is 4.98. The van der Waals surface area contributed by atoms with Gasteiger partial charge in [0.15, 0.2) is 0 Å². The van der Waals surface area contributed by atoms with Crippen LogP contribution in [-0.4, -0.2) is 15.8 Å². The van der Waals surface area contributed by atoms with Crippen LogP contribution >= 0.6 is 0 Å². The summed E-state index contributed by atoms with van der Waals surface area (Å²) in [5.74, 6) is 1.67. The standard InChI is InChI=1S/C15H22N2O/c1-5-6-7-14(18)8-15(11(2)3)13-9-16-12(4)17-10-13/h5,9-11,15H,1,6-8H2,2-4H3. The molecule has 1 rings (SSSR count). The van der Waals surface area contributed by atoms with Gasteiger partial charge in [0.25, 0.3) is 0 Å². The van der Waals surface area contributed by atoms with Gasteiger partial charge in [0.05, 0.1) is 0 Å². The van der Waals surface area contributed by atoms with Crippen molar-refractivity contribution in [3.63, 3.8) is 0 Å². The third-order valence-corrected chi connectivity index (χ3v) is 3.11. The number of nitrogens with zero attached hydrogens (tertiary/aromatic N) is 2. The van der Waals surface area contributed by atoms with Crippen molar-refractivity contribution in [2.45, 2.75) is 46.0 Å². The van der Waals surface area contributed by atoms with Gasteiger partial charge in [0.2, 0.25) is 0 Å². The van der Waals surface area contributed by atoms with Crippen LogP contribution in [0.1, 0.15) is 50.4 Å². The molecule has 0 aliphatic heterocycles. The summed E-state index contributed by atoms with van der Waals surface area (Å²) in [5.41, 5.74) is 1.06. The number of Topliss-reactive ketones (excluding diaryl/α,β-unsaturated/α-hetero) is 1. The van der Waals surface area contributed by atoms with Crippen molar-refractivity contribution in [3.8, 4) is 0 Å². The molecular formula is C15H22N2O. The van der Waals surface area contributed by atoms with Gasteiger partial charge in [-0.15, -0.1) is 6.58 Å². The SMILES string of the molecule is C=CCCC(=O)CC(c1cnc(C)nc1)C(C)C. The molecule has 3 nitrogen and oxygen atoms in total. The van der Waals surface area contributed by atoms with Gasteiger partial charge in [-0.2, -0.15) is 0 Å². The van der Waals surface area contributed by atoms with Crippen molar-refractivity contribution in [1.82, 2.24) is 9.97 Å². The highest BCUT2D eigenvalue weighted by Gasteiger charge is 2.19. The van der Waals surface area contributed by atoms with E-state index in [2.05, 4.69) is 30.4 Å². The van der Waals surface area contributed by atoms with Crippen LogP contribution in [0.25, 0.3) is 0 Å². The third kappa shape index (κ3) is 4.40. The van der Waals surface area contributed by atoms with Crippen LogP contribution in [0.2, 0.25) is 0 Å². The summed E-state index contributed by atoms with van der Waals surface area (Å²) in [6, 6.07) is 0. The molecule has 1 unspecified atom stereocenters. The predicted molar refractivity (Wildman–Crippen MR) is 73.4 cm³/mol. The lowest BCUT2D eigenvalue weighted by atomic mass is 9.85. The van der Waals surface area contributed by atoms with Gasteiger partial charge in [-0.25, -0.2) is 9.97 Å². The highest BCUT2D eigenvalue weighted by Crippen LogP contribution is 2.27. The Hall–Kier alpha value is -1.51. The van der Waals surface area contributed by atoms with Crippen molar-refractivity contribution in [3.05, 3.63) is 36.4 Å². The minimum absolute atomic E-state index is 0.211. The molecule has 98 valence electrons. The smallest absolute Gasteiger partial charge is 0.133 e. The molecule has 18 heavy (non-hydrogen) atoms. The number of rotatable bonds is 7. The van der Waals surface area contributed by atoms with Crippen LogP contribution < -0.4 is 0 Å². The van der Waals surface area contributed by atoms with Crippen LogP contribution in [0.5, 0.6) is 0 Å². The number of carbonyl (C=O) groups is 1. The zero-order valence-electron chi connectivity index (χ0n) is 11.5. The summed E-state index contributed by atoms with van der Waals surface area (Å²) in [4.78, 5) is 20.3. The van der Waals surface area contributed by atoms with Crippen LogP contribution in [0.4, 0.5) is 0 Å². The van der Waals surface area contributed by atoms with E-state index < -0.39 is 0 Å². The summed E-state index contributed by atoms with van der Waals surface area (Å²) in [6.07, 6.45) is 7.38. The van der Waals surface area contributed by atoms with Gasteiger partial charge < -0.3 is 0 Å². The first-order valence-electron chi connectivity index (χ1n) is 6.45. The maximum absolute atomic E-state index is 11.9. The third-order valence-electron chi connectivity index (χ3n) is 3.11. The zero-order valence-corrected chi connectivity index (χ0v) is 11.5. The number of carbonyl (C=O) groups excluding carboxylic acids is 1. The fourth-order valence-corrected chi connectivity index (χ4v) is 1.94. The lowest BCUT2D eigenvalue weighted by Crippen LogP contribution is -2.13. The van der Waals surface area contributed by atoms with E-state index in [0.29, 0.717) is 18.8 Å². The van der Waals surface area contributed by atoms with Crippen LogP contribution in [0.15, 0.2) is 25.0 Å². The molecule has 1 aromatic rings.